The number of hydrogen-bond acceptors (Lipinski definition) is 5. The summed E-state index contributed by atoms with van der Waals surface area (Å²) in [5, 5.41) is 0.499. The van der Waals surface area contributed by atoms with Crippen molar-refractivity contribution >= 4 is 29.1 Å². The first-order valence-corrected chi connectivity index (χ1v) is 9.69. The van der Waals surface area contributed by atoms with Gasteiger partial charge in [0.2, 0.25) is 0 Å². The summed E-state index contributed by atoms with van der Waals surface area (Å²) in [6.07, 6.45) is 3.75. The maximum Gasteiger partial charge on any atom is 0.257 e. The molecule has 1 fully saturated rings. The highest BCUT2D eigenvalue weighted by atomic mass is 35.5. The second-order valence-electron chi connectivity index (χ2n) is 6.85. The Morgan fingerprint density at radius 3 is 2.63 bits per heavy atom. The monoisotopic (exact) mass is 407 g/mol. The number of halogens is 2. The van der Waals surface area contributed by atoms with Crippen LogP contribution in [0.4, 0.5) is 0 Å². The molecule has 4 rings (SSSR count). The zero-order valence-electron chi connectivity index (χ0n) is 14.7. The number of fused-ring (bicyclic) bond motifs is 1. The van der Waals surface area contributed by atoms with E-state index in [-0.39, 0.29) is 28.2 Å². The van der Waals surface area contributed by atoms with Crippen LogP contribution in [0.5, 0.6) is 0 Å². The molecule has 0 saturated carbocycles. The summed E-state index contributed by atoms with van der Waals surface area (Å²) in [6, 6.07) is 3.06. The first-order chi connectivity index (χ1) is 13.0. The summed E-state index contributed by atoms with van der Waals surface area (Å²) in [7, 11) is 0. The lowest BCUT2D eigenvalue weighted by Gasteiger charge is -2.29. The summed E-state index contributed by atoms with van der Waals surface area (Å²) >= 11 is 11.9. The molecule has 27 heavy (non-hydrogen) atoms. The van der Waals surface area contributed by atoms with Gasteiger partial charge >= 0.3 is 0 Å². The van der Waals surface area contributed by atoms with E-state index in [4.69, 9.17) is 23.2 Å². The number of nitrogens with zero attached hydrogens (tertiary/aromatic N) is 5. The lowest BCUT2D eigenvalue weighted by Crippen LogP contribution is -2.43. The minimum absolute atomic E-state index is 0.0625. The molecule has 0 N–H and O–H groups in total. The van der Waals surface area contributed by atoms with Crippen LogP contribution in [-0.4, -0.2) is 49.9 Å². The van der Waals surface area contributed by atoms with E-state index >= 15 is 0 Å². The van der Waals surface area contributed by atoms with Crippen molar-refractivity contribution < 1.29 is 4.79 Å². The third-order valence-electron chi connectivity index (χ3n) is 4.99. The summed E-state index contributed by atoms with van der Waals surface area (Å²) in [4.78, 5) is 37.8. The predicted molar refractivity (Wildman–Crippen MR) is 102 cm³/mol. The van der Waals surface area contributed by atoms with Crippen LogP contribution in [0.25, 0.3) is 0 Å². The molecule has 2 aromatic heterocycles. The normalized spacial score (nSPS) is 17.2. The zero-order chi connectivity index (χ0) is 19.0. The molecule has 0 spiro atoms. The third-order valence-corrected chi connectivity index (χ3v) is 5.51. The highest BCUT2D eigenvalue weighted by Crippen LogP contribution is 2.22. The van der Waals surface area contributed by atoms with Gasteiger partial charge in [-0.25, -0.2) is 9.97 Å². The number of carbonyl (C=O) groups excluding carboxylic acids is 1. The average Bonchev–Trinajstić information content (AvgIpc) is 3.14. The Kier molecular flexibility index (Phi) is 5.16. The Morgan fingerprint density at radius 1 is 1.11 bits per heavy atom. The standard InChI is InChI=1S/C18H19Cl2N5O2/c19-14-8-15(20)21-9-13(14)18(27)24-5-6-25-16(11-24)22-12(7-17(25)26)10-23-3-1-2-4-23/h7-9H,1-6,10-11H2. The Bertz CT molecular complexity index is 940. The summed E-state index contributed by atoms with van der Waals surface area (Å²) in [5.41, 5.74) is 0.992. The van der Waals surface area contributed by atoms with Crippen LogP contribution in [-0.2, 0) is 19.6 Å². The van der Waals surface area contributed by atoms with Crippen LogP contribution < -0.4 is 5.56 Å². The van der Waals surface area contributed by atoms with Gasteiger partial charge in [-0.1, -0.05) is 23.2 Å². The van der Waals surface area contributed by atoms with Gasteiger partial charge in [-0.05, 0) is 32.0 Å². The number of amides is 1. The highest BCUT2D eigenvalue weighted by molar-refractivity contribution is 6.36. The second kappa shape index (κ2) is 7.58. The van der Waals surface area contributed by atoms with E-state index in [9.17, 15) is 9.59 Å². The molecule has 2 aromatic rings. The molecule has 4 heterocycles. The van der Waals surface area contributed by atoms with Crippen molar-refractivity contribution in [3.05, 3.63) is 55.9 Å². The molecular weight excluding hydrogens is 389 g/mol. The van der Waals surface area contributed by atoms with Crippen molar-refractivity contribution in [2.75, 3.05) is 19.6 Å². The minimum atomic E-state index is -0.241. The minimum Gasteiger partial charge on any atom is -0.329 e. The van der Waals surface area contributed by atoms with Gasteiger partial charge in [-0.3, -0.25) is 19.1 Å². The summed E-state index contributed by atoms with van der Waals surface area (Å²) in [6.45, 7) is 3.83. The van der Waals surface area contributed by atoms with Gasteiger partial charge in [0.25, 0.3) is 11.5 Å². The molecule has 0 aromatic carbocycles. The van der Waals surface area contributed by atoms with Crippen LogP contribution in [0.2, 0.25) is 10.2 Å². The largest absolute Gasteiger partial charge is 0.329 e. The maximum atomic E-state index is 12.8. The van der Waals surface area contributed by atoms with Gasteiger partial charge < -0.3 is 4.90 Å². The van der Waals surface area contributed by atoms with E-state index in [2.05, 4.69) is 14.9 Å². The van der Waals surface area contributed by atoms with Gasteiger partial charge in [0.1, 0.15) is 11.0 Å². The molecule has 2 aliphatic rings. The van der Waals surface area contributed by atoms with Gasteiger partial charge in [0, 0.05) is 31.9 Å². The Hall–Kier alpha value is -1.96. The van der Waals surface area contributed by atoms with Crippen LogP contribution in [0, 0.1) is 0 Å². The van der Waals surface area contributed by atoms with Crippen molar-refractivity contribution in [3.63, 3.8) is 0 Å². The van der Waals surface area contributed by atoms with Crippen molar-refractivity contribution in [1.29, 1.82) is 0 Å². The molecule has 7 nitrogen and oxygen atoms in total. The molecule has 0 aliphatic carbocycles. The van der Waals surface area contributed by atoms with Crippen LogP contribution in [0.15, 0.2) is 23.1 Å². The first-order valence-electron chi connectivity index (χ1n) is 8.93. The van der Waals surface area contributed by atoms with E-state index in [0.717, 1.165) is 18.8 Å². The number of aromatic nitrogens is 3. The molecule has 0 atom stereocenters. The Balaban J connectivity index is 1.57. The number of carbonyl (C=O) groups is 1. The first kappa shape index (κ1) is 18.4. The fraction of sp³-hybridized carbons (Fsp3) is 0.444. The van der Waals surface area contributed by atoms with Crippen LogP contribution in [0.3, 0.4) is 0 Å². The van der Waals surface area contributed by atoms with Gasteiger partial charge in [-0.15, -0.1) is 0 Å². The highest BCUT2D eigenvalue weighted by Gasteiger charge is 2.26. The number of pyridine rings is 1. The van der Waals surface area contributed by atoms with Crippen LogP contribution >= 0.6 is 23.2 Å². The lowest BCUT2D eigenvalue weighted by atomic mass is 10.2. The van der Waals surface area contributed by atoms with E-state index in [1.54, 1.807) is 15.5 Å². The van der Waals surface area contributed by atoms with Gasteiger partial charge in [0.15, 0.2) is 0 Å². The molecule has 1 saturated heterocycles. The zero-order valence-corrected chi connectivity index (χ0v) is 16.2. The number of rotatable bonds is 3. The predicted octanol–water partition coefficient (Wildman–Crippen LogP) is 2.20. The van der Waals surface area contributed by atoms with Crippen molar-refractivity contribution in [1.82, 2.24) is 24.3 Å². The quantitative estimate of drug-likeness (QED) is 0.729. The second-order valence-corrected chi connectivity index (χ2v) is 7.64. The molecule has 0 bridgehead atoms. The molecule has 142 valence electrons. The lowest BCUT2D eigenvalue weighted by molar-refractivity contribution is 0.0703. The van der Waals surface area contributed by atoms with Crippen molar-refractivity contribution in [3.8, 4) is 0 Å². The number of likely N-dealkylation sites (tertiary alicyclic amines) is 1. The number of hydrogen-bond donors (Lipinski definition) is 0. The van der Waals surface area contributed by atoms with E-state index in [1.165, 1.54) is 25.1 Å². The summed E-state index contributed by atoms with van der Waals surface area (Å²) in [5.74, 6) is 0.365. The SMILES string of the molecule is O=C(c1cnc(Cl)cc1Cl)N1CCn2c(nc(CN3CCCC3)cc2=O)C1. The smallest absolute Gasteiger partial charge is 0.257 e. The maximum absolute atomic E-state index is 12.8. The van der Waals surface area contributed by atoms with E-state index < -0.39 is 0 Å². The van der Waals surface area contributed by atoms with Gasteiger partial charge in [0.05, 0.1) is 22.8 Å². The fourth-order valence-electron chi connectivity index (χ4n) is 3.60. The fourth-order valence-corrected chi connectivity index (χ4v) is 4.04. The van der Waals surface area contributed by atoms with E-state index in [0.29, 0.717) is 31.0 Å². The molecule has 0 radical (unpaired) electrons. The van der Waals surface area contributed by atoms with Crippen molar-refractivity contribution in [2.45, 2.75) is 32.5 Å². The molecule has 1 amide bonds. The molecular formula is C18H19Cl2N5O2. The van der Waals surface area contributed by atoms with Crippen LogP contribution in [0.1, 0.15) is 34.7 Å². The van der Waals surface area contributed by atoms with E-state index in [1.807, 2.05) is 0 Å². The Morgan fingerprint density at radius 2 is 1.89 bits per heavy atom. The van der Waals surface area contributed by atoms with Gasteiger partial charge in [-0.2, -0.15) is 0 Å². The topological polar surface area (TPSA) is 71.3 Å². The van der Waals surface area contributed by atoms with Crippen molar-refractivity contribution in [2.24, 2.45) is 0 Å². The molecule has 2 aliphatic heterocycles. The average molecular weight is 408 g/mol. The molecule has 0 unspecified atom stereocenters. The Labute approximate surface area is 166 Å². The third kappa shape index (κ3) is 3.85. The molecule has 9 heteroatoms. The summed E-state index contributed by atoms with van der Waals surface area (Å²) < 4.78 is 1.64.